The first-order valence-corrected chi connectivity index (χ1v) is 7.82. The second kappa shape index (κ2) is 5.46. The number of nitrogens with zero attached hydrogens (tertiary/aromatic N) is 1. The Morgan fingerprint density at radius 1 is 1.19 bits per heavy atom. The molecule has 0 aliphatic carbocycles. The molecule has 1 fully saturated rings. The lowest BCUT2D eigenvalue weighted by Crippen LogP contribution is -2.83. The Hall–Kier alpha value is -0.200. The summed E-state index contributed by atoms with van der Waals surface area (Å²) in [5.74, 6) is 0. The van der Waals surface area contributed by atoms with Crippen LogP contribution in [0.5, 0.6) is 0 Å². The predicted molar refractivity (Wildman–Crippen MR) is 227 cm³/mol. The maximum absolute atomic E-state index is 11.0. The Morgan fingerprint density at radius 3 is 2.05 bits per heavy atom. The van der Waals surface area contributed by atoms with Crippen molar-refractivity contribution >= 4 is 0 Å². The first kappa shape index (κ1) is 18.8. The van der Waals surface area contributed by atoms with Crippen molar-refractivity contribution in [2.75, 3.05) is 6.54 Å². The van der Waals surface area contributed by atoms with E-state index in [2.05, 4.69) is 6.92 Å². The van der Waals surface area contributed by atoms with Crippen molar-refractivity contribution in [3.63, 3.8) is 0 Å². The second-order valence-corrected chi connectivity index (χ2v) is 7.96. The molecule has 0 spiro atoms. The van der Waals surface area contributed by atoms with Gasteiger partial charge in [-0.05, 0) is 48.0 Å². The largest absolute Gasteiger partial charge is 0.389 e. The van der Waals surface area contributed by atoms with Crippen LogP contribution >= 0.6 is 0 Å². The van der Waals surface area contributed by atoms with Crippen LogP contribution in [-0.2, 0) is 0 Å². The van der Waals surface area contributed by atoms with E-state index < -0.39 is 28.9 Å². The third-order valence-electron chi connectivity index (χ3n) is 5.62. The van der Waals surface area contributed by atoms with Crippen molar-refractivity contribution in [3.8, 4) is 0 Å². The first-order chi connectivity index (χ1) is 9.23. The Morgan fingerprint density at radius 2 is 1.67 bits per heavy atom. The van der Waals surface area contributed by atoms with Gasteiger partial charge in [0.05, 0.1) is 17.2 Å². The Kier molecular flexibility index (Phi) is 4.90. The Bertz CT molecular complexity index is 445. The zero-order valence-corrected chi connectivity index (χ0v) is 14.5. The summed E-state index contributed by atoms with van der Waals surface area (Å²) >= 11 is 0. The van der Waals surface area contributed by atoms with Crippen molar-refractivity contribution in [2.45, 2.75) is 95.8 Å². The third kappa shape index (κ3) is 2.75. The standard InChI is InChI=1S/C16H33NO4.68H2/c1-8-9-13(2,3)17-10-11(18)12(19)15(6,21)16(17,7)14(4,5)20;;;;;;;;;;;;;;;;;;;;;;;;;;;;;;;;;;;;;;;;;;;;;;;;;;;;;;;;;;;;;;;;;;;;/h11-12,18-21H,8-10H2,1-7H3;68*1H/t11-,12+,15-,16+;;;;;;;;;;;;;;;;;;;;;;;;;;;;;;;;;;;;;;;;;;;;;;;;;;;;;;;;;;;;;;;;;;;;/m0..................................................................../s1. The maximum atomic E-state index is 11.0. The van der Waals surface area contributed by atoms with Crippen LogP contribution in [0.1, 0.15) is 158 Å². The molecule has 0 saturated carbocycles. The molecule has 1 aliphatic heterocycles. The lowest BCUT2D eigenvalue weighted by Gasteiger charge is -2.65. The molecule has 4 N–H and O–H groups in total. The number of aliphatic hydroxyl groups excluding tert-OH is 2. The summed E-state index contributed by atoms with van der Waals surface area (Å²) in [6.07, 6.45) is -0.543. The van der Waals surface area contributed by atoms with Crippen LogP contribution in [0.25, 0.3) is 0 Å². The van der Waals surface area contributed by atoms with E-state index in [-0.39, 0.29) is 109 Å². The molecule has 0 aromatic heterocycles. The highest BCUT2D eigenvalue weighted by Gasteiger charge is 2.65. The van der Waals surface area contributed by atoms with Crippen LogP contribution in [0.4, 0.5) is 0 Å². The average molecular weight is 441 g/mol. The number of rotatable bonds is 4. The fourth-order valence-electron chi connectivity index (χ4n) is 3.95. The van der Waals surface area contributed by atoms with E-state index in [1.807, 2.05) is 18.7 Å². The molecule has 262 valence electrons. The molecule has 1 saturated heterocycles. The van der Waals surface area contributed by atoms with Gasteiger partial charge >= 0.3 is 0 Å². The van der Waals surface area contributed by atoms with Crippen LogP contribution < -0.4 is 0 Å². The minimum Gasteiger partial charge on any atom is -0.389 e. The number of β-amino-alcohol motifs (C(OH)–C–C–N with tert-alkyl or cyclic N) is 1. The summed E-state index contributed by atoms with van der Waals surface area (Å²) < 4.78 is 0. The van der Waals surface area contributed by atoms with Gasteiger partial charge in [-0.3, -0.25) is 4.90 Å². The third-order valence-corrected chi connectivity index (χ3v) is 5.62. The van der Waals surface area contributed by atoms with E-state index in [9.17, 15) is 20.4 Å². The summed E-state index contributed by atoms with van der Waals surface area (Å²) in [6.45, 7) is 12.9. The highest BCUT2D eigenvalue weighted by Crippen LogP contribution is 2.47. The maximum Gasteiger partial charge on any atom is 0.111 e. The fraction of sp³-hybridized carbons (Fsp3) is 1.00. The van der Waals surface area contributed by atoms with Crippen molar-refractivity contribution in [3.05, 3.63) is 0 Å². The van der Waals surface area contributed by atoms with E-state index in [4.69, 9.17) is 0 Å². The normalized spacial score (nSPS) is 39.6. The van der Waals surface area contributed by atoms with Gasteiger partial charge in [-0.15, -0.1) is 0 Å². The Labute approximate surface area is 229 Å². The smallest absolute Gasteiger partial charge is 0.111 e. The van der Waals surface area contributed by atoms with Crippen molar-refractivity contribution in [2.24, 2.45) is 0 Å². The number of piperidine rings is 1. The van der Waals surface area contributed by atoms with Gasteiger partial charge in [0.15, 0.2) is 0 Å². The minimum atomic E-state index is -1.64. The van der Waals surface area contributed by atoms with Crippen molar-refractivity contribution < 1.29 is 117 Å². The molecule has 1 heterocycles. The lowest BCUT2D eigenvalue weighted by atomic mass is 9.62. The van der Waals surface area contributed by atoms with Crippen molar-refractivity contribution in [1.29, 1.82) is 0 Å². The van der Waals surface area contributed by atoms with Crippen LogP contribution in [0.3, 0.4) is 0 Å². The highest BCUT2D eigenvalue weighted by atomic mass is 16.4. The number of hydrogen-bond acceptors (Lipinski definition) is 5. The van der Waals surface area contributed by atoms with Crippen LogP contribution in [0.15, 0.2) is 0 Å². The molecule has 0 bridgehead atoms. The highest BCUT2D eigenvalue weighted by molar-refractivity contribution is 5.20. The lowest BCUT2D eigenvalue weighted by molar-refractivity contribution is -0.285. The van der Waals surface area contributed by atoms with Gasteiger partial charge in [0.25, 0.3) is 0 Å². The fourth-order valence-corrected chi connectivity index (χ4v) is 3.95. The monoisotopic (exact) mass is 440 g/mol. The molecular formula is C16H169NO4. The van der Waals surface area contributed by atoms with E-state index in [1.54, 1.807) is 20.8 Å². The second-order valence-electron chi connectivity index (χ2n) is 7.96. The summed E-state index contributed by atoms with van der Waals surface area (Å²) in [7, 11) is 0. The van der Waals surface area contributed by atoms with Crippen LogP contribution in [0.2, 0.25) is 0 Å². The quantitative estimate of drug-likeness (QED) is 0.349. The van der Waals surface area contributed by atoms with Gasteiger partial charge in [0.2, 0.25) is 0 Å². The molecule has 0 aromatic rings. The van der Waals surface area contributed by atoms with E-state index in [0.717, 1.165) is 12.8 Å². The first-order valence-electron chi connectivity index (χ1n) is 7.82. The zero-order chi connectivity index (χ0) is 16.9. The van der Waals surface area contributed by atoms with Gasteiger partial charge in [0, 0.05) is 109 Å². The van der Waals surface area contributed by atoms with Crippen molar-refractivity contribution in [1.82, 2.24) is 4.90 Å². The van der Waals surface area contributed by atoms with Crippen LogP contribution in [-0.4, -0.2) is 66.4 Å². The molecule has 5 nitrogen and oxygen atoms in total. The molecule has 0 unspecified atom stereocenters. The molecular weight excluding hydrogens is 270 g/mol. The van der Waals surface area contributed by atoms with E-state index >= 15 is 0 Å². The van der Waals surface area contributed by atoms with Gasteiger partial charge in [-0.2, -0.15) is 0 Å². The summed E-state index contributed by atoms with van der Waals surface area (Å²) in [5.41, 5.74) is -4.33. The van der Waals surface area contributed by atoms with Gasteiger partial charge < -0.3 is 20.4 Å². The van der Waals surface area contributed by atoms with Gasteiger partial charge in [-0.25, -0.2) is 0 Å². The number of hydrogen-bond donors (Lipinski definition) is 4. The van der Waals surface area contributed by atoms with Gasteiger partial charge in [-0.1, -0.05) is 13.3 Å². The summed E-state index contributed by atoms with van der Waals surface area (Å²) in [6, 6.07) is 0. The Balaban J connectivity index is -0.000000000983. The van der Waals surface area contributed by atoms with Crippen LogP contribution in [0, 0.1) is 0 Å². The molecule has 1 rings (SSSR count). The minimum absolute atomic E-state index is 0. The zero-order valence-electron chi connectivity index (χ0n) is 14.5. The van der Waals surface area contributed by atoms with Gasteiger partial charge in [0.1, 0.15) is 11.7 Å². The molecule has 21 heavy (non-hydrogen) atoms. The molecule has 1 aliphatic rings. The van der Waals surface area contributed by atoms with E-state index in [0.29, 0.717) is 0 Å². The summed E-state index contributed by atoms with van der Waals surface area (Å²) in [5, 5.41) is 42.2. The molecule has 5 heteroatoms. The molecule has 0 amide bonds. The predicted octanol–water partition coefficient (Wildman–Crippen LogP) is 17.6. The number of aliphatic hydroxyl groups is 4. The summed E-state index contributed by atoms with van der Waals surface area (Å²) in [4.78, 5) is 1.96. The van der Waals surface area contributed by atoms with E-state index in [1.165, 1.54) is 6.92 Å². The molecule has 4 atom stereocenters. The number of likely N-dealkylation sites (tertiary alicyclic amines) is 1. The SMILES string of the molecule is CCCC(C)(C)N1C[C@H](O)[C@@H](O)[C@](C)(O)[C@@]1(C)C(C)(C)O.[HH].[HH].[HH].[HH].[HH].[HH].[HH].[HH].[HH].[HH].[HH].[HH].[HH].[HH].[HH].[HH].[HH].[HH].[HH].[HH].[HH].[HH].[HH].[HH].[HH].[HH].[HH].[HH].[HH].[HH].[HH].[HH].[HH].[HH].[HH].[HH].[HH].[HH].[HH].[HH].[HH].[HH].[HH].[HH].[HH].[HH].[HH].[HH].[HH].[HH].[HH].[HH].[HH].[HH].[HH].[HH].[HH].[HH].[HH].[HH].[HH].[HH].[HH].[HH].[HH].[HH].[HH].[HH]. The molecule has 0 radical (unpaired) electrons. The topological polar surface area (TPSA) is 84.2 Å². The molecule has 0 aromatic carbocycles. The average Bonchev–Trinajstić information content (AvgIpc) is 2.30.